The summed E-state index contributed by atoms with van der Waals surface area (Å²) in [6.45, 7) is 4.38. The summed E-state index contributed by atoms with van der Waals surface area (Å²) in [4.78, 5) is 4.72. The average molecular weight is 295 g/mol. The van der Waals surface area contributed by atoms with Gasteiger partial charge in [0, 0.05) is 13.1 Å². The third kappa shape index (κ3) is 2.24. The number of imidazole rings is 1. The maximum atomic E-state index is 6.14. The minimum absolute atomic E-state index is 0.472. The van der Waals surface area contributed by atoms with Crippen molar-refractivity contribution in [3.05, 3.63) is 11.5 Å². The van der Waals surface area contributed by atoms with E-state index in [1.165, 1.54) is 32.1 Å². The quantitative estimate of drug-likeness (QED) is 0.621. The van der Waals surface area contributed by atoms with Gasteiger partial charge in [0.05, 0.1) is 11.6 Å². The van der Waals surface area contributed by atoms with Crippen LogP contribution < -0.4 is 0 Å². The lowest BCUT2D eigenvalue weighted by atomic mass is 10.0. The largest absolute Gasteiger partial charge is 0.309 e. The predicted molar refractivity (Wildman–Crippen MR) is 82.1 cm³/mol. The Morgan fingerprint density at radius 1 is 1.25 bits per heavy atom. The molecule has 1 fully saturated rings. The molecule has 2 atom stereocenters. The molecule has 3 rings (SSSR count). The summed E-state index contributed by atoms with van der Waals surface area (Å²) in [5, 5.41) is 4.51. The molecule has 0 amide bonds. The number of fused-ring (bicyclic) bond motifs is 1. The summed E-state index contributed by atoms with van der Waals surface area (Å²) >= 11 is 6.14. The molecule has 4 nitrogen and oxygen atoms in total. The van der Waals surface area contributed by atoms with Gasteiger partial charge in [0.25, 0.3) is 0 Å². The first-order chi connectivity index (χ1) is 9.61. The highest BCUT2D eigenvalue weighted by Gasteiger charge is 2.24. The van der Waals surface area contributed by atoms with E-state index in [4.69, 9.17) is 16.6 Å². The van der Waals surface area contributed by atoms with E-state index in [-0.39, 0.29) is 0 Å². The van der Waals surface area contributed by atoms with E-state index in [2.05, 4.69) is 16.6 Å². The number of aromatic nitrogens is 4. The van der Waals surface area contributed by atoms with Crippen LogP contribution in [0.25, 0.3) is 11.2 Å². The molecule has 0 bridgehead atoms. The number of halogens is 1. The number of nitrogens with zero attached hydrogens (tertiary/aromatic N) is 4. The monoisotopic (exact) mass is 294 g/mol. The molecule has 0 saturated heterocycles. The Morgan fingerprint density at radius 3 is 2.80 bits per heavy atom. The highest BCUT2D eigenvalue weighted by atomic mass is 35.5. The molecule has 0 aromatic carbocycles. The Labute approximate surface area is 125 Å². The van der Waals surface area contributed by atoms with E-state index in [1.54, 1.807) is 0 Å². The fourth-order valence-electron chi connectivity index (χ4n) is 3.54. The number of hydrogen-bond acceptors (Lipinski definition) is 2. The zero-order valence-electron chi connectivity index (χ0n) is 12.6. The predicted octanol–water partition coefficient (Wildman–Crippen LogP) is 3.96. The van der Waals surface area contributed by atoms with Crippen molar-refractivity contribution in [1.29, 1.82) is 0 Å². The van der Waals surface area contributed by atoms with Crippen molar-refractivity contribution in [2.45, 2.75) is 57.9 Å². The van der Waals surface area contributed by atoms with E-state index in [1.807, 2.05) is 18.7 Å². The summed E-state index contributed by atoms with van der Waals surface area (Å²) in [5.74, 6) is 2.31. The van der Waals surface area contributed by atoms with Crippen molar-refractivity contribution in [3.8, 4) is 0 Å². The molecule has 1 aliphatic rings. The van der Waals surface area contributed by atoms with Crippen molar-refractivity contribution in [1.82, 2.24) is 19.3 Å². The number of alkyl halides is 1. The van der Waals surface area contributed by atoms with Crippen molar-refractivity contribution >= 4 is 22.8 Å². The number of aryl methyl sites for hydroxylation is 2. The molecule has 20 heavy (non-hydrogen) atoms. The van der Waals surface area contributed by atoms with Gasteiger partial charge in [0.15, 0.2) is 5.65 Å². The fraction of sp³-hybridized carbons (Fsp3) is 0.733. The van der Waals surface area contributed by atoms with Gasteiger partial charge in [-0.2, -0.15) is 5.10 Å². The summed E-state index contributed by atoms with van der Waals surface area (Å²) < 4.78 is 4.32. The Kier molecular flexibility index (Phi) is 3.76. The molecule has 0 aliphatic heterocycles. The molecule has 0 N–H and O–H groups in total. The smallest absolute Gasteiger partial charge is 0.158 e. The van der Waals surface area contributed by atoms with E-state index in [0.29, 0.717) is 11.9 Å². The SMILES string of the molecule is Cc1nn(C)c2c1nc(CCl)n2C1CCCC(C)CC1. The molecule has 2 heterocycles. The van der Waals surface area contributed by atoms with Crippen LogP contribution in [0.4, 0.5) is 0 Å². The molecule has 2 unspecified atom stereocenters. The molecular weight excluding hydrogens is 272 g/mol. The van der Waals surface area contributed by atoms with Gasteiger partial charge in [0.2, 0.25) is 0 Å². The first-order valence-electron chi connectivity index (χ1n) is 7.58. The van der Waals surface area contributed by atoms with Gasteiger partial charge in [-0.05, 0) is 32.1 Å². The zero-order valence-corrected chi connectivity index (χ0v) is 13.3. The normalized spacial score (nSPS) is 24.2. The van der Waals surface area contributed by atoms with Gasteiger partial charge in [-0.15, -0.1) is 11.6 Å². The Bertz CT molecular complexity index is 613. The topological polar surface area (TPSA) is 35.6 Å². The van der Waals surface area contributed by atoms with Crippen molar-refractivity contribution in [2.24, 2.45) is 13.0 Å². The minimum atomic E-state index is 0.472. The summed E-state index contributed by atoms with van der Waals surface area (Å²) in [6.07, 6.45) is 6.38. The van der Waals surface area contributed by atoms with Crippen LogP contribution in [0.1, 0.15) is 56.6 Å². The van der Waals surface area contributed by atoms with Gasteiger partial charge in [-0.3, -0.25) is 4.68 Å². The fourth-order valence-corrected chi connectivity index (χ4v) is 3.73. The molecular formula is C15H23ClN4. The minimum Gasteiger partial charge on any atom is -0.309 e. The first-order valence-corrected chi connectivity index (χ1v) is 8.11. The highest BCUT2D eigenvalue weighted by Crippen LogP contribution is 2.34. The van der Waals surface area contributed by atoms with Crippen LogP contribution in [-0.4, -0.2) is 19.3 Å². The van der Waals surface area contributed by atoms with Crippen molar-refractivity contribution in [3.63, 3.8) is 0 Å². The van der Waals surface area contributed by atoms with E-state index >= 15 is 0 Å². The maximum absolute atomic E-state index is 6.14. The van der Waals surface area contributed by atoms with Gasteiger partial charge in [-0.25, -0.2) is 4.98 Å². The third-order valence-corrected chi connectivity index (χ3v) is 4.86. The molecule has 5 heteroatoms. The summed E-state index contributed by atoms with van der Waals surface area (Å²) in [5.41, 5.74) is 3.15. The van der Waals surface area contributed by atoms with Crippen LogP contribution in [0.3, 0.4) is 0 Å². The average Bonchev–Trinajstić information content (AvgIpc) is 2.84. The molecule has 0 radical (unpaired) electrons. The second kappa shape index (κ2) is 5.40. The van der Waals surface area contributed by atoms with Crippen LogP contribution in [-0.2, 0) is 12.9 Å². The molecule has 0 spiro atoms. The molecule has 1 aliphatic carbocycles. The summed E-state index contributed by atoms with van der Waals surface area (Å²) in [6, 6.07) is 0.522. The number of rotatable bonds is 2. The first kappa shape index (κ1) is 13.9. The van der Waals surface area contributed by atoms with Crippen LogP contribution in [0, 0.1) is 12.8 Å². The molecule has 1 saturated carbocycles. The lowest BCUT2D eigenvalue weighted by Gasteiger charge is -2.19. The second-order valence-electron chi connectivity index (χ2n) is 6.18. The highest BCUT2D eigenvalue weighted by molar-refractivity contribution is 6.16. The summed E-state index contributed by atoms with van der Waals surface area (Å²) in [7, 11) is 2.00. The van der Waals surface area contributed by atoms with Gasteiger partial charge < -0.3 is 4.57 Å². The van der Waals surface area contributed by atoms with Gasteiger partial charge in [-0.1, -0.05) is 19.8 Å². The van der Waals surface area contributed by atoms with E-state index < -0.39 is 0 Å². The lowest BCUT2D eigenvalue weighted by molar-refractivity contribution is 0.427. The second-order valence-corrected chi connectivity index (χ2v) is 6.45. The number of hydrogen-bond donors (Lipinski definition) is 0. The van der Waals surface area contributed by atoms with Gasteiger partial charge >= 0.3 is 0 Å². The Hall–Kier alpha value is -1.03. The van der Waals surface area contributed by atoms with E-state index in [0.717, 1.165) is 28.6 Å². The standard InChI is InChI=1S/C15H23ClN4/c1-10-5-4-6-12(8-7-10)20-13(9-16)17-14-11(2)18-19(3)15(14)20/h10,12H,4-9H2,1-3H3. The maximum Gasteiger partial charge on any atom is 0.158 e. The lowest BCUT2D eigenvalue weighted by Crippen LogP contribution is -2.13. The van der Waals surface area contributed by atoms with Crippen LogP contribution in [0.2, 0.25) is 0 Å². The zero-order chi connectivity index (χ0) is 14.3. The van der Waals surface area contributed by atoms with Crippen LogP contribution in [0.15, 0.2) is 0 Å². The van der Waals surface area contributed by atoms with Crippen LogP contribution in [0.5, 0.6) is 0 Å². The Balaban J connectivity index is 2.08. The van der Waals surface area contributed by atoms with Crippen molar-refractivity contribution < 1.29 is 0 Å². The van der Waals surface area contributed by atoms with Crippen molar-refractivity contribution in [2.75, 3.05) is 0 Å². The molecule has 2 aromatic rings. The van der Waals surface area contributed by atoms with E-state index in [9.17, 15) is 0 Å². The third-order valence-electron chi connectivity index (χ3n) is 4.62. The molecule has 110 valence electrons. The Morgan fingerprint density at radius 2 is 2.05 bits per heavy atom. The van der Waals surface area contributed by atoms with Gasteiger partial charge in [0.1, 0.15) is 11.3 Å². The molecule has 2 aromatic heterocycles. The van der Waals surface area contributed by atoms with Crippen LogP contribution >= 0.6 is 11.6 Å².